The van der Waals surface area contributed by atoms with Crippen molar-refractivity contribution in [3.8, 4) is 0 Å². The summed E-state index contributed by atoms with van der Waals surface area (Å²) in [6.45, 7) is 2.13. The lowest BCUT2D eigenvalue weighted by atomic mass is 10.0. The van der Waals surface area contributed by atoms with Gasteiger partial charge in [0.1, 0.15) is 12.2 Å². The lowest BCUT2D eigenvalue weighted by Crippen LogP contribution is -2.28. The topological polar surface area (TPSA) is 149 Å². The van der Waals surface area contributed by atoms with E-state index < -0.39 is 58.4 Å². The van der Waals surface area contributed by atoms with E-state index in [1.54, 1.807) is 0 Å². The molecule has 0 radical (unpaired) electrons. The number of esters is 2. The van der Waals surface area contributed by atoms with Crippen molar-refractivity contribution in [3.05, 3.63) is 48.6 Å². The van der Waals surface area contributed by atoms with Crippen molar-refractivity contribution in [2.45, 2.75) is 244 Å². The Bertz CT molecular complexity index is 1190. The number of allylic oxidation sites excluding steroid dienone is 8. The van der Waals surface area contributed by atoms with Crippen LogP contribution in [0.15, 0.2) is 48.6 Å². The van der Waals surface area contributed by atoms with Gasteiger partial charge >= 0.3 is 19.8 Å². The summed E-state index contributed by atoms with van der Waals surface area (Å²) in [5, 5.41) is 19.3. The summed E-state index contributed by atoms with van der Waals surface area (Å²) in [4.78, 5) is 34.7. The second-order valence-corrected chi connectivity index (χ2v) is 18.6. The van der Waals surface area contributed by atoms with Crippen LogP contribution < -0.4 is 0 Å². The van der Waals surface area contributed by atoms with Crippen molar-refractivity contribution in [2.24, 2.45) is 0 Å². The van der Waals surface area contributed by atoms with Gasteiger partial charge in [-0.1, -0.05) is 217 Å². The zero-order valence-electron chi connectivity index (χ0n) is 40.3. The summed E-state index contributed by atoms with van der Waals surface area (Å²) in [7, 11) is -4.64. The van der Waals surface area contributed by atoms with Crippen LogP contribution in [0.2, 0.25) is 0 Å². The molecule has 0 rings (SSSR count). The Morgan fingerprint density at radius 1 is 0.444 bits per heavy atom. The fraction of sp³-hybridized carbons (Fsp3) is 0.808. The van der Waals surface area contributed by atoms with Crippen molar-refractivity contribution in [3.63, 3.8) is 0 Å². The van der Waals surface area contributed by atoms with E-state index in [2.05, 4.69) is 62.5 Å². The third-order valence-electron chi connectivity index (χ3n) is 11.1. The molecule has 0 fully saturated rings. The number of unbranched alkanes of at least 4 members (excludes halogenated alkanes) is 26. The highest BCUT2D eigenvalue weighted by Crippen LogP contribution is 2.43. The number of ether oxygens (including phenoxy) is 2. The fourth-order valence-electron chi connectivity index (χ4n) is 7.17. The predicted molar refractivity (Wildman–Crippen MR) is 261 cm³/mol. The number of aliphatic hydroxyl groups is 2. The molecule has 3 atom stereocenters. The molecule has 368 valence electrons. The van der Waals surface area contributed by atoms with E-state index in [0.717, 1.165) is 70.6 Å². The second kappa shape index (κ2) is 47.9. The molecule has 0 saturated carbocycles. The molecule has 63 heavy (non-hydrogen) atoms. The average Bonchev–Trinajstić information content (AvgIpc) is 3.27. The first-order valence-corrected chi connectivity index (χ1v) is 27.1. The molecule has 0 aromatic carbocycles. The van der Waals surface area contributed by atoms with Crippen LogP contribution in [0.4, 0.5) is 0 Å². The van der Waals surface area contributed by atoms with Crippen molar-refractivity contribution >= 4 is 19.8 Å². The summed E-state index contributed by atoms with van der Waals surface area (Å²) in [6.07, 6.45) is 53.7. The summed E-state index contributed by atoms with van der Waals surface area (Å²) < 4.78 is 32.7. The molecule has 0 aliphatic carbocycles. The van der Waals surface area contributed by atoms with E-state index in [-0.39, 0.29) is 12.8 Å². The Hall–Kier alpha value is -2.07. The maximum absolute atomic E-state index is 12.4. The van der Waals surface area contributed by atoms with Crippen LogP contribution in [0, 0.1) is 0 Å². The van der Waals surface area contributed by atoms with E-state index >= 15 is 0 Å². The first-order valence-electron chi connectivity index (χ1n) is 25.6. The molecule has 0 bridgehead atoms. The molecule has 0 aromatic rings. The van der Waals surface area contributed by atoms with Gasteiger partial charge in [0, 0.05) is 12.8 Å². The standard InChI is InChI=1S/C52H95O10P/c1-3-5-7-9-11-13-15-17-19-21-22-23-24-25-26-28-30-32-34-36-38-40-42-44-52(56)62-50(46-54)48-60-63(57,58)59-47-49(45-53)61-51(55)43-41-39-37-35-33-31-29-27-20-18-16-14-12-10-8-6-4-2/h5,7,11,13,17,19,22-23,49-50,53-54H,3-4,6,8-10,12,14-16,18,20-21,24-48H2,1-2H3,(H,57,58)/b7-5-,13-11-,19-17-,23-22-. The highest BCUT2D eigenvalue weighted by molar-refractivity contribution is 7.47. The maximum Gasteiger partial charge on any atom is 0.472 e. The van der Waals surface area contributed by atoms with Gasteiger partial charge in [0.15, 0.2) is 0 Å². The van der Waals surface area contributed by atoms with Gasteiger partial charge in [-0.2, -0.15) is 0 Å². The number of phosphoric ester groups is 1. The van der Waals surface area contributed by atoms with E-state index in [4.69, 9.17) is 18.5 Å². The van der Waals surface area contributed by atoms with E-state index in [1.807, 2.05) is 0 Å². The molecule has 10 nitrogen and oxygen atoms in total. The highest BCUT2D eigenvalue weighted by atomic mass is 31.2. The normalized spacial score (nSPS) is 14.0. The summed E-state index contributed by atoms with van der Waals surface area (Å²) in [5.41, 5.74) is 0. The summed E-state index contributed by atoms with van der Waals surface area (Å²) in [5.74, 6) is -1.02. The number of phosphoric acid groups is 1. The van der Waals surface area contributed by atoms with Gasteiger partial charge < -0.3 is 24.6 Å². The van der Waals surface area contributed by atoms with Gasteiger partial charge in [-0.3, -0.25) is 18.6 Å². The van der Waals surface area contributed by atoms with Crippen molar-refractivity contribution < 1.29 is 47.8 Å². The Morgan fingerprint density at radius 2 is 0.746 bits per heavy atom. The minimum absolute atomic E-state index is 0.187. The number of carbonyl (C=O) groups is 2. The molecule has 0 aromatic heterocycles. The second-order valence-electron chi connectivity index (χ2n) is 17.1. The molecule has 3 N–H and O–H groups in total. The fourth-order valence-corrected chi connectivity index (χ4v) is 7.95. The number of rotatable bonds is 48. The SMILES string of the molecule is CC/C=C\C/C=C\C/C=C\C/C=C\CCCCCCCCCCCCC(=O)OC(CO)COP(=O)(O)OCC(CO)OC(=O)CCCCCCCCCCCCCCCCCCC. The molecule has 0 saturated heterocycles. The maximum atomic E-state index is 12.4. The van der Waals surface area contributed by atoms with Gasteiger partial charge in [0.2, 0.25) is 0 Å². The Kier molecular flexibility index (Phi) is 46.3. The Balaban J connectivity index is 3.83. The number of hydrogen-bond donors (Lipinski definition) is 3. The smallest absolute Gasteiger partial charge is 0.457 e. The monoisotopic (exact) mass is 911 g/mol. The summed E-state index contributed by atoms with van der Waals surface area (Å²) in [6, 6.07) is 0. The molecule has 0 heterocycles. The van der Waals surface area contributed by atoms with Crippen molar-refractivity contribution in [1.29, 1.82) is 0 Å². The minimum Gasteiger partial charge on any atom is -0.457 e. The van der Waals surface area contributed by atoms with Gasteiger partial charge in [0.05, 0.1) is 26.4 Å². The first-order chi connectivity index (χ1) is 30.8. The third-order valence-corrected chi connectivity index (χ3v) is 12.0. The van der Waals surface area contributed by atoms with E-state index in [1.165, 1.54) is 122 Å². The summed E-state index contributed by atoms with van der Waals surface area (Å²) >= 11 is 0. The zero-order valence-corrected chi connectivity index (χ0v) is 41.2. The van der Waals surface area contributed by atoms with E-state index in [0.29, 0.717) is 12.8 Å². The largest absolute Gasteiger partial charge is 0.472 e. The number of aliphatic hydroxyl groups excluding tert-OH is 2. The van der Waals surface area contributed by atoms with Gasteiger partial charge in [-0.05, 0) is 51.4 Å². The van der Waals surface area contributed by atoms with Gasteiger partial charge in [0.25, 0.3) is 0 Å². The van der Waals surface area contributed by atoms with E-state index in [9.17, 15) is 29.3 Å². The average molecular weight is 911 g/mol. The zero-order chi connectivity index (χ0) is 46.2. The first kappa shape index (κ1) is 60.9. The quantitative estimate of drug-likeness (QED) is 0.0233. The van der Waals surface area contributed by atoms with Crippen LogP contribution in [0.25, 0.3) is 0 Å². The van der Waals surface area contributed by atoms with Gasteiger partial charge in [-0.25, -0.2) is 4.57 Å². The lowest BCUT2D eigenvalue weighted by Gasteiger charge is -2.20. The molecule has 0 spiro atoms. The van der Waals surface area contributed by atoms with Crippen molar-refractivity contribution in [1.82, 2.24) is 0 Å². The van der Waals surface area contributed by atoms with Crippen LogP contribution in [-0.2, 0) is 32.7 Å². The van der Waals surface area contributed by atoms with Crippen LogP contribution in [0.1, 0.15) is 232 Å². The minimum atomic E-state index is -4.64. The van der Waals surface area contributed by atoms with Crippen LogP contribution in [0.5, 0.6) is 0 Å². The molecular formula is C52H95O10P. The van der Waals surface area contributed by atoms with Crippen LogP contribution >= 0.6 is 7.82 Å². The predicted octanol–water partition coefficient (Wildman–Crippen LogP) is 14.5. The number of carbonyl (C=O) groups excluding carboxylic acids is 2. The van der Waals surface area contributed by atoms with Crippen LogP contribution in [-0.4, -0.2) is 65.7 Å². The molecule has 0 amide bonds. The van der Waals surface area contributed by atoms with Gasteiger partial charge in [-0.15, -0.1) is 0 Å². The molecule has 11 heteroatoms. The molecular weight excluding hydrogens is 816 g/mol. The van der Waals surface area contributed by atoms with Crippen molar-refractivity contribution in [2.75, 3.05) is 26.4 Å². The van der Waals surface area contributed by atoms with Crippen LogP contribution in [0.3, 0.4) is 0 Å². The molecule has 0 aliphatic heterocycles. The Morgan fingerprint density at radius 3 is 1.08 bits per heavy atom. The Labute approximate surface area is 385 Å². The molecule has 3 unspecified atom stereocenters. The number of hydrogen-bond acceptors (Lipinski definition) is 9. The lowest BCUT2D eigenvalue weighted by molar-refractivity contribution is -0.153. The highest BCUT2D eigenvalue weighted by Gasteiger charge is 2.27. The molecule has 0 aliphatic rings. The third kappa shape index (κ3) is 46.3.